The monoisotopic (exact) mass is 780 g/mol. The summed E-state index contributed by atoms with van der Waals surface area (Å²) < 4.78 is 7.71. The molecular formula is C52H32N2S3. The molecule has 0 radical (unpaired) electrons. The van der Waals surface area contributed by atoms with Crippen molar-refractivity contribution in [2.24, 2.45) is 0 Å². The second-order valence-corrected chi connectivity index (χ2v) is 17.7. The Morgan fingerprint density at radius 3 is 1.61 bits per heavy atom. The highest BCUT2D eigenvalue weighted by atomic mass is 32.1. The molecule has 0 aliphatic heterocycles. The van der Waals surface area contributed by atoms with E-state index in [1.54, 1.807) is 0 Å². The number of para-hydroxylation sites is 2. The number of thiophene rings is 3. The molecule has 0 aliphatic rings. The second-order valence-electron chi connectivity index (χ2n) is 14.5. The summed E-state index contributed by atoms with van der Waals surface area (Å²) in [6.07, 6.45) is 0. The lowest BCUT2D eigenvalue weighted by Gasteiger charge is -2.34. The highest BCUT2D eigenvalue weighted by molar-refractivity contribution is 7.27. The van der Waals surface area contributed by atoms with Crippen molar-refractivity contribution in [1.82, 2.24) is 0 Å². The molecule has 0 fully saturated rings. The fourth-order valence-corrected chi connectivity index (χ4v) is 12.2. The van der Waals surface area contributed by atoms with Crippen LogP contribution in [-0.2, 0) is 0 Å². The number of anilines is 6. The SMILES string of the molecule is c1ccc(N(c2ccc3sc4ccccc4c3c2)c2ccc3c(sc4cc5ccccc5cc43)c2N(c2ccccc2)c2cccc3c2sc2ccccc23)cc1. The maximum Gasteiger partial charge on any atom is 0.0883 e. The van der Waals surface area contributed by atoms with Gasteiger partial charge in [-0.05, 0) is 89.6 Å². The first-order valence-corrected chi connectivity index (χ1v) is 21.6. The van der Waals surface area contributed by atoms with E-state index in [1.807, 2.05) is 34.0 Å². The highest BCUT2D eigenvalue weighted by Gasteiger charge is 2.28. The molecule has 0 amide bonds. The first-order chi connectivity index (χ1) is 28.3. The van der Waals surface area contributed by atoms with Crippen LogP contribution in [0.15, 0.2) is 194 Å². The van der Waals surface area contributed by atoms with Crippen molar-refractivity contribution in [1.29, 1.82) is 0 Å². The summed E-state index contributed by atoms with van der Waals surface area (Å²) in [5, 5.41) is 10.2. The molecule has 3 aromatic heterocycles. The maximum absolute atomic E-state index is 2.54. The summed E-state index contributed by atoms with van der Waals surface area (Å²) in [5.74, 6) is 0. The van der Waals surface area contributed by atoms with E-state index in [2.05, 4.69) is 204 Å². The van der Waals surface area contributed by atoms with E-state index in [-0.39, 0.29) is 0 Å². The van der Waals surface area contributed by atoms with Crippen LogP contribution in [0.5, 0.6) is 0 Å². The summed E-state index contributed by atoms with van der Waals surface area (Å²) in [4.78, 5) is 5.02. The van der Waals surface area contributed by atoms with Gasteiger partial charge in [-0.2, -0.15) is 0 Å². The third-order valence-electron chi connectivity index (χ3n) is 11.2. The fraction of sp³-hybridized carbons (Fsp3) is 0. The molecule has 0 aliphatic carbocycles. The van der Waals surface area contributed by atoms with Gasteiger partial charge < -0.3 is 9.80 Å². The van der Waals surface area contributed by atoms with Gasteiger partial charge in [0.15, 0.2) is 0 Å². The van der Waals surface area contributed by atoms with Crippen molar-refractivity contribution in [2.75, 3.05) is 9.80 Å². The van der Waals surface area contributed by atoms with Crippen molar-refractivity contribution >= 4 is 139 Å². The van der Waals surface area contributed by atoms with Crippen LogP contribution in [0.3, 0.4) is 0 Å². The molecule has 5 heteroatoms. The Bertz CT molecular complexity index is 3490. The Kier molecular flexibility index (Phi) is 7.48. The minimum atomic E-state index is 1.11. The van der Waals surface area contributed by atoms with Crippen molar-refractivity contribution in [3.63, 3.8) is 0 Å². The Morgan fingerprint density at radius 1 is 0.281 bits per heavy atom. The highest BCUT2D eigenvalue weighted by Crippen LogP contribution is 2.55. The topological polar surface area (TPSA) is 6.48 Å². The molecule has 0 bridgehead atoms. The number of hydrogen-bond acceptors (Lipinski definition) is 5. The standard InChI is InChI=1S/C52H32N2S3/c1-3-16-35(17-4-1)53(37-26-29-48-43(32-37)39-21-10-11-24-46(39)55-48)44-28-27-41-42-30-33-14-7-8-15-34(33)31-49(42)57-52(41)50(44)54(36-18-5-2-6-19-36)45-23-13-22-40-38-20-9-12-25-47(38)56-51(40)45/h1-32H. The van der Waals surface area contributed by atoms with Crippen molar-refractivity contribution in [2.45, 2.75) is 0 Å². The van der Waals surface area contributed by atoms with E-state index in [1.165, 1.54) is 77.0 Å². The zero-order valence-electron chi connectivity index (χ0n) is 30.6. The Morgan fingerprint density at radius 2 is 0.842 bits per heavy atom. The van der Waals surface area contributed by atoms with Gasteiger partial charge in [0.2, 0.25) is 0 Å². The zero-order chi connectivity index (χ0) is 37.5. The van der Waals surface area contributed by atoms with Crippen molar-refractivity contribution in [3.05, 3.63) is 194 Å². The van der Waals surface area contributed by atoms with Gasteiger partial charge in [0, 0.05) is 68.2 Å². The van der Waals surface area contributed by atoms with Crippen LogP contribution in [0, 0.1) is 0 Å². The fourth-order valence-electron chi connectivity index (χ4n) is 8.63. The van der Waals surface area contributed by atoms with E-state index in [0.717, 1.165) is 28.4 Å². The van der Waals surface area contributed by atoms with Gasteiger partial charge in [0.25, 0.3) is 0 Å². The predicted octanol–water partition coefficient (Wildman–Crippen LogP) is 16.9. The van der Waals surface area contributed by atoms with Crippen molar-refractivity contribution < 1.29 is 0 Å². The minimum Gasteiger partial charge on any atom is -0.308 e. The van der Waals surface area contributed by atoms with E-state index in [4.69, 9.17) is 0 Å². The van der Waals surface area contributed by atoms with Crippen molar-refractivity contribution in [3.8, 4) is 0 Å². The number of fused-ring (bicyclic) bond motifs is 10. The van der Waals surface area contributed by atoms with E-state index >= 15 is 0 Å². The molecule has 12 aromatic rings. The van der Waals surface area contributed by atoms with Gasteiger partial charge in [-0.15, -0.1) is 34.0 Å². The molecule has 268 valence electrons. The second kappa shape index (κ2) is 13.0. The van der Waals surface area contributed by atoms with Gasteiger partial charge in [0.1, 0.15) is 0 Å². The van der Waals surface area contributed by atoms with Crippen LogP contribution >= 0.6 is 34.0 Å². The first kappa shape index (κ1) is 32.7. The molecule has 57 heavy (non-hydrogen) atoms. The van der Waals surface area contributed by atoms with Crippen LogP contribution < -0.4 is 9.80 Å². The lowest BCUT2D eigenvalue weighted by Crippen LogP contribution is -2.17. The molecule has 3 heterocycles. The number of nitrogens with zero attached hydrogens (tertiary/aromatic N) is 2. The lowest BCUT2D eigenvalue weighted by molar-refractivity contribution is 1.25. The van der Waals surface area contributed by atoms with Crippen LogP contribution in [-0.4, -0.2) is 0 Å². The molecule has 9 aromatic carbocycles. The number of benzene rings is 9. The smallest absolute Gasteiger partial charge is 0.0883 e. The largest absolute Gasteiger partial charge is 0.308 e. The van der Waals surface area contributed by atoms with Gasteiger partial charge in [-0.1, -0.05) is 115 Å². The molecule has 0 atom stereocenters. The van der Waals surface area contributed by atoms with Gasteiger partial charge >= 0.3 is 0 Å². The Balaban J connectivity index is 1.23. The van der Waals surface area contributed by atoms with Gasteiger partial charge in [-0.3, -0.25) is 0 Å². The molecule has 0 spiro atoms. The van der Waals surface area contributed by atoms with Gasteiger partial charge in [-0.25, -0.2) is 0 Å². The average molecular weight is 781 g/mol. The molecular weight excluding hydrogens is 749 g/mol. The van der Waals surface area contributed by atoms with Crippen LogP contribution in [0.2, 0.25) is 0 Å². The third-order valence-corrected chi connectivity index (χ3v) is 14.7. The zero-order valence-corrected chi connectivity index (χ0v) is 33.0. The predicted molar refractivity (Wildman–Crippen MR) is 252 cm³/mol. The quantitative estimate of drug-likeness (QED) is 0.166. The first-order valence-electron chi connectivity index (χ1n) is 19.2. The summed E-state index contributed by atoms with van der Waals surface area (Å²) in [6.45, 7) is 0. The normalized spacial score (nSPS) is 11.9. The third kappa shape index (κ3) is 5.20. The van der Waals surface area contributed by atoms with Crippen LogP contribution in [0.4, 0.5) is 34.1 Å². The molecule has 12 rings (SSSR count). The van der Waals surface area contributed by atoms with Gasteiger partial charge in [0.05, 0.1) is 26.5 Å². The number of hydrogen-bond donors (Lipinski definition) is 0. The van der Waals surface area contributed by atoms with E-state index in [0.29, 0.717) is 0 Å². The molecule has 0 saturated heterocycles. The summed E-state index contributed by atoms with van der Waals surface area (Å²) in [6, 6.07) is 71.5. The van der Waals surface area contributed by atoms with E-state index in [9.17, 15) is 0 Å². The van der Waals surface area contributed by atoms with Crippen LogP contribution in [0.1, 0.15) is 0 Å². The maximum atomic E-state index is 2.54. The minimum absolute atomic E-state index is 1.11. The van der Waals surface area contributed by atoms with Crippen LogP contribution in [0.25, 0.3) is 71.3 Å². The summed E-state index contributed by atoms with van der Waals surface area (Å²) in [5.41, 5.74) is 6.79. The molecule has 0 unspecified atom stereocenters. The Hall–Kier alpha value is -6.50. The summed E-state index contributed by atoms with van der Waals surface area (Å²) in [7, 11) is 0. The average Bonchev–Trinajstić information content (AvgIpc) is 3.96. The molecule has 0 N–H and O–H groups in total. The lowest BCUT2D eigenvalue weighted by atomic mass is 10.0. The molecule has 2 nitrogen and oxygen atoms in total. The van der Waals surface area contributed by atoms with E-state index < -0.39 is 0 Å². The number of rotatable bonds is 6. The molecule has 0 saturated carbocycles. The Labute approximate surface area is 341 Å². The summed E-state index contributed by atoms with van der Waals surface area (Å²) >= 11 is 5.63.